The average Bonchev–Trinajstić information content (AvgIpc) is 2.66. The molecule has 0 saturated carbocycles. The minimum Gasteiger partial charge on any atom is -0.481 e. The molecular weight excluding hydrogens is 330 g/mol. The van der Waals surface area contributed by atoms with Crippen LogP contribution in [0.2, 0.25) is 0 Å². The Balaban J connectivity index is 1.73. The van der Waals surface area contributed by atoms with Crippen molar-refractivity contribution in [2.24, 2.45) is 0 Å². The van der Waals surface area contributed by atoms with Crippen molar-refractivity contribution in [2.75, 3.05) is 6.54 Å². The van der Waals surface area contributed by atoms with Gasteiger partial charge in [0.15, 0.2) is 0 Å². The molecule has 1 amide bonds. The molecule has 134 valence electrons. The fourth-order valence-corrected chi connectivity index (χ4v) is 2.26. The summed E-state index contributed by atoms with van der Waals surface area (Å²) in [5, 5.41) is 11.4. The number of hydrogen-bond donors (Lipinski definition) is 2. The van der Waals surface area contributed by atoms with E-state index in [1.807, 2.05) is 54.6 Å². The van der Waals surface area contributed by atoms with E-state index >= 15 is 0 Å². The molecule has 0 aliphatic rings. The Kier molecular flexibility index (Phi) is 7.75. The van der Waals surface area contributed by atoms with Crippen molar-refractivity contribution in [3.05, 3.63) is 71.3 Å². The third-order valence-electron chi connectivity index (χ3n) is 3.58. The third-order valence-corrected chi connectivity index (χ3v) is 3.58. The predicted octanol–water partition coefficient (Wildman–Crippen LogP) is 3.37. The zero-order valence-corrected chi connectivity index (χ0v) is 14.4. The monoisotopic (exact) mass is 351 g/mol. The maximum atomic E-state index is 11.6. The van der Waals surface area contributed by atoms with Crippen LogP contribution in [0.15, 0.2) is 54.6 Å². The van der Waals surface area contributed by atoms with Crippen LogP contribution in [-0.2, 0) is 22.6 Å². The van der Waals surface area contributed by atoms with E-state index in [4.69, 9.17) is 9.84 Å². The smallest absolute Gasteiger partial charge is 0.407 e. The minimum atomic E-state index is -0.828. The molecule has 0 radical (unpaired) electrons. The molecule has 26 heavy (non-hydrogen) atoms. The highest BCUT2D eigenvalue weighted by atomic mass is 16.5. The first-order valence-corrected chi connectivity index (χ1v) is 8.38. The van der Waals surface area contributed by atoms with E-state index in [1.54, 1.807) is 0 Å². The lowest BCUT2D eigenvalue weighted by Gasteiger charge is -2.05. The van der Waals surface area contributed by atoms with Crippen molar-refractivity contribution in [1.29, 1.82) is 0 Å². The van der Waals surface area contributed by atoms with Crippen LogP contribution in [0.5, 0.6) is 0 Å². The number of nitrogens with one attached hydrogen (secondary N) is 1. The lowest BCUT2D eigenvalue weighted by molar-refractivity contribution is -0.136. The van der Waals surface area contributed by atoms with E-state index in [0.717, 1.165) is 16.7 Å². The number of aliphatic carboxylic acids is 1. The summed E-state index contributed by atoms with van der Waals surface area (Å²) in [6.45, 7) is 0.618. The molecule has 0 unspecified atom stereocenters. The molecule has 2 rings (SSSR count). The Labute approximate surface area is 153 Å². The Morgan fingerprint density at radius 3 is 2.54 bits per heavy atom. The molecule has 2 aromatic rings. The Morgan fingerprint density at radius 2 is 1.77 bits per heavy atom. The quantitative estimate of drug-likeness (QED) is 0.592. The van der Waals surface area contributed by atoms with Crippen LogP contribution in [0, 0.1) is 11.8 Å². The first kappa shape index (κ1) is 19.1. The zero-order valence-electron chi connectivity index (χ0n) is 14.4. The molecule has 0 aliphatic carbocycles. The molecule has 2 N–H and O–H groups in total. The highest BCUT2D eigenvalue weighted by molar-refractivity contribution is 5.67. The molecule has 0 bridgehead atoms. The summed E-state index contributed by atoms with van der Waals surface area (Å²) in [6.07, 6.45) is 0.531. The fourth-order valence-electron chi connectivity index (χ4n) is 2.26. The Morgan fingerprint density at radius 1 is 1.04 bits per heavy atom. The van der Waals surface area contributed by atoms with Gasteiger partial charge in [-0.25, -0.2) is 4.79 Å². The second-order valence-electron chi connectivity index (χ2n) is 5.59. The number of hydrogen-bond acceptors (Lipinski definition) is 3. The van der Waals surface area contributed by atoms with E-state index in [2.05, 4.69) is 17.2 Å². The fraction of sp³-hybridized carbons (Fsp3) is 0.238. The van der Waals surface area contributed by atoms with Gasteiger partial charge in [0.25, 0.3) is 0 Å². The van der Waals surface area contributed by atoms with Crippen LogP contribution in [0.4, 0.5) is 4.79 Å². The second-order valence-corrected chi connectivity index (χ2v) is 5.59. The van der Waals surface area contributed by atoms with Gasteiger partial charge in [0.2, 0.25) is 0 Å². The summed E-state index contributed by atoms with van der Waals surface area (Å²) in [4.78, 5) is 22.3. The maximum Gasteiger partial charge on any atom is 0.407 e. The Hall–Kier alpha value is -3.26. The van der Waals surface area contributed by atoms with Crippen LogP contribution in [0.25, 0.3) is 0 Å². The molecule has 0 saturated heterocycles. The molecular formula is C21H21NO4. The van der Waals surface area contributed by atoms with Crippen molar-refractivity contribution >= 4 is 12.1 Å². The van der Waals surface area contributed by atoms with E-state index in [1.165, 1.54) is 0 Å². The third kappa shape index (κ3) is 7.10. The first-order chi connectivity index (χ1) is 12.6. The predicted molar refractivity (Wildman–Crippen MR) is 98.5 cm³/mol. The number of benzene rings is 2. The van der Waals surface area contributed by atoms with Crippen LogP contribution < -0.4 is 5.32 Å². The number of amides is 1. The van der Waals surface area contributed by atoms with Crippen LogP contribution in [0.3, 0.4) is 0 Å². The summed E-state index contributed by atoms with van der Waals surface area (Å²) in [6, 6.07) is 16.9. The van der Waals surface area contributed by atoms with Crippen LogP contribution in [0.1, 0.15) is 29.5 Å². The van der Waals surface area contributed by atoms with E-state index in [9.17, 15) is 9.59 Å². The number of rotatable bonds is 7. The van der Waals surface area contributed by atoms with Gasteiger partial charge in [0, 0.05) is 24.9 Å². The summed E-state index contributed by atoms with van der Waals surface area (Å²) in [5.41, 5.74) is 2.67. The van der Waals surface area contributed by atoms with Gasteiger partial charge in [-0.2, -0.15) is 0 Å². The van der Waals surface area contributed by atoms with Crippen molar-refractivity contribution in [3.8, 4) is 11.8 Å². The number of carboxylic acid groups (broad SMARTS) is 1. The number of carbonyl (C=O) groups is 2. The second kappa shape index (κ2) is 10.6. The van der Waals surface area contributed by atoms with Gasteiger partial charge >= 0.3 is 12.1 Å². The number of carboxylic acids is 1. The largest absolute Gasteiger partial charge is 0.481 e. The van der Waals surface area contributed by atoms with Crippen LogP contribution in [-0.4, -0.2) is 23.7 Å². The molecule has 5 nitrogen and oxygen atoms in total. The van der Waals surface area contributed by atoms with Gasteiger partial charge in [0.05, 0.1) is 0 Å². The lowest BCUT2D eigenvalue weighted by Crippen LogP contribution is -2.24. The van der Waals surface area contributed by atoms with Crippen molar-refractivity contribution < 1.29 is 19.4 Å². The van der Waals surface area contributed by atoms with Gasteiger partial charge in [-0.05, 0) is 23.6 Å². The zero-order chi connectivity index (χ0) is 18.6. The highest BCUT2D eigenvalue weighted by Gasteiger charge is 2.03. The molecule has 2 aromatic carbocycles. The van der Waals surface area contributed by atoms with E-state index < -0.39 is 12.1 Å². The maximum absolute atomic E-state index is 11.6. The molecule has 0 atom stereocenters. The summed E-state index contributed by atoms with van der Waals surface area (Å²) < 4.78 is 5.11. The lowest BCUT2D eigenvalue weighted by atomic mass is 10.0. The summed E-state index contributed by atoms with van der Waals surface area (Å²) in [5.74, 6) is 5.20. The van der Waals surface area contributed by atoms with E-state index in [-0.39, 0.29) is 13.0 Å². The molecule has 0 heterocycles. The van der Waals surface area contributed by atoms with E-state index in [0.29, 0.717) is 19.4 Å². The number of aryl methyl sites for hydroxylation is 1. The number of alkyl carbamates (subject to hydrolysis) is 1. The van der Waals surface area contributed by atoms with Crippen LogP contribution >= 0.6 is 0 Å². The highest BCUT2D eigenvalue weighted by Crippen LogP contribution is 2.10. The number of ether oxygens (including phenoxy) is 1. The van der Waals surface area contributed by atoms with Gasteiger partial charge in [-0.15, -0.1) is 0 Å². The topological polar surface area (TPSA) is 75.6 Å². The van der Waals surface area contributed by atoms with Gasteiger partial charge in [-0.1, -0.05) is 60.4 Å². The van der Waals surface area contributed by atoms with Crippen molar-refractivity contribution in [1.82, 2.24) is 5.32 Å². The normalized spacial score (nSPS) is 9.69. The SMILES string of the molecule is O=C(O)CCc1ccccc1C#CCCNC(=O)OCc1ccccc1. The van der Waals surface area contributed by atoms with Crippen molar-refractivity contribution in [3.63, 3.8) is 0 Å². The molecule has 0 aliphatic heterocycles. The van der Waals surface area contributed by atoms with Gasteiger partial charge in [-0.3, -0.25) is 4.79 Å². The standard InChI is InChI=1S/C21H21NO4/c23-20(24)14-13-19-11-5-4-10-18(19)12-6-7-15-22-21(25)26-16-17-8-2-1-3-9-17/h1-5,8-11H,7,13-16H2,(H,22,25)(H,23,24). The number of carbonyl (C=O) groups excluding carboxylic acids is 1. The van der Waals surface area contributed by atoms with Gasteiger partial charge < -0.3 is 15.2 Å². The molecule has 5 heteroatoms. The Bertz CT molecular complexity index is 790. The minimum absolute atomic E-state index is 0.0769. The van der Waals surface area contributed by atoms with Crippen molar-refractivity contribution in [2.45, 2.75) is 25.9 Å². The molecule has 0 fully saturated rings. The molecule has 0 spiro atoms. The first-order valence-electron chi connectivity index (χ1n) is 8.38. The van der Waals surface area contributed by atoms with Gasteiger partial charge in [0.1, 0.15) is 6.61 Å². The summed E-state index contributed by atoms with van der Waals surface area (Å²) >= 11 is 0. The molecule has 0 aromatic heterocycles. The average molecular weight is 351 g/mol. The summed E-state index contributed by atoms with van der Waals surface area (Å²) in [7, 11) is 0.